The zero-order valence-corrected chi connectivity index (χ0v) is 20.2. The molecule has 0 radical (unpaired) electrons. The predicted octanol–water partition coefficient (Wildman–Crippen LogP) is 5.03. The standard InChI is InChI=1S/C28H24N8O/c1-16(10-20(13-29-2)32-28(37)17-5-6-17)18-7-8-23-21(11-18)26(36-35-23)27-33-24-15-31-14-22(25(24)34-27)19-4-3-9-30-12-19/h3-4,7-15,17H,2,5-6H2,1H3,(H,32,37)(H,33,34)(H,35,36)/b16-10+,20-13+. The molecular formula is C28H24N8O. The molecule has 4 heterocycles. The Morgan fingerprint density at radius 2 is 2.05 bits per heavy atom. The fraction of sp³-hybridized carbons (Fsp3) is 0.143. The topological polar surface area (TPSA) is 125 Å². The summed E-state index contributed by atoms with van der Waals surface area (Å²) in [6.45, 7) is 5.53. The molecule has 6 rings (SSSR count). The average molecular weight is 489 g/mol. The summed E-state index contributed by atoms with van der Waals surface area (Å²) in [7, 11) is 0. The molecule has 5 aromatic rings. The summed E-state index contributed by atoms with van der Waals surface area (Å²) < 4.78 is 0. The van der Waals surface area contributed by atoms with Gasteiger partial charge in [-0.1, -0.05) is 12.1 Å². The fourth-order valence-electron chi connectivity index (χ4n) is 4.33. The largest absolute Gasteiger partial charge is 0.335 e. The Balaban J connectivity index is 1.37. The van der Waals surface area contributed by atoms with Gasteiger partial charge in [0, 0.05) is 47.2 Å². The van der Waals surface area contributed by atoms with Gasteiger partial charge in [0.05, 0.1) is 22.9 Å². The Hall–Kier alpha value is -4.92. The summed E-state index contributed by atoms with van der Waals surface area (Å²) in [5.41, 5.74) is 7.64. The maximum atomic E-state index is 12.3. The van der Waals surface area contributed by atoms with Gasteiger partial charge in [-0.15, -0.1) is 0 Å². The van der Waals surface area contributed by atoms with Crippen molar-refractivity contribution in [3.05, 3.63) is 78.7 Å². The van der Waals surface area contributed by atoms with Crippen molar-refractivity contribution in [3.8, 4) is 22.6 Å². The molecule has 9 heteroatoms. The monoisotopic (exact) mass is 488 g/mol. The number of carbonyl (C=O) groups is 1. The Morgan fingerprint density at radius 3 is 2.84 bits per heavy atom. The molecule has 4 aromatic heterocycles. The molecule has 0 saturated heterocycles. The summed E-state index contributed by atoms with van der Waals surface area (Å²) in [5, 5.41) is 11.5. The van der Waals surface area contributed by atoms with E-state index in [0.717, 1.165) is 57.0 Å². The van der Waals surface area contributed by atoms with Crippen molar-refractivity contribution in [2.24, 2.45) is 10.9 Å². The van der Waals surface area contributed by atoms with Crippen LogP contribution in [-0.2, 0) is 4.79 Å². The number of hydrogen-bond acceptors (Lipinski definition) is 6. The molecule has 0 atom stereocenters. The van der Waals surface area contributed by atoms with E-state index in [1.807, 2.05) is 37.3 Å². The van der Waals surface area contributed by atoms with Gasteiger partial charge in [-0.05, 0) is 61.9 Å². The molecule has 1 aliphatic rings. The normalized spacial score (nSPS) is 14.3. The smallest absolute Gasteiger partial charge is 0.227 e. The van der Waals surface area contributed by atoms with E-state index < -0.39 is 0 Å². The van der Waals surface area contributed by atoms with Gasteiger partial charge in [-0.25, -0.2) is 4.98 Å². The lowest BCUT2D eigenvalue weighted by molar-refractivity contribution is -0.121. The third-order valence-corrected chi connectivity index (χ3v) is 6.43. The molecule has 0 aliphatic heterocycles. The van der Waals surface area contributed by atoms with Gasteiger partial charge >= 0.3 is 0 Å². The number of carbonyl (C=O) groups excluding carboxylic acids is 1. The number of amides is 1. The van der Waals surface area contributed by atoms with Crippen molar-refractivity contribution in [3.63, 3.8) is 0 Å². The number of aromatic nitrogens is 6. The zero-order valence-electron chi connectivity index (χ0n) is 20.2. The van der Waals surface area contributed by atoms with E-state index in [9.17, 15) is 4.79 Å². The first kappa shape index (κ1) is 22.5. The van der Waals surface area contributed by atoms with Crippen LogP contribution in [0.4, 0.5) is 0 Å². The van der Waals surface area contributed by atoms with Gasteiger partial charge in [-0.3, -0.25) is 24.9 Å². The van der Waals surface area contributed by atoms with Crippen LogP contribution in [0.1, 0.15) is 25.3 Å². The van der Waals surface area contributed by atoms with Crippen molar-refractivity contribution >= 4 is 40.1 Å². The minimum Gasteiger partial charge on any atom is -0.335 e. The van der Waals surface area contributed by atoms with Crippen molar-refractivity contribution in [2.45, 2.75) is 19.8 Å². The minimum absolute atomic E-state index is 0.0246. The SMILES string of the molecule is C=N/C=C(\C=C(/C)c1ccc2[nH]nc(-c3nc4c(-c5cccnc5)cncc4[nH]3)c2c1)NC(=O)C1CC1. The van der Waals surface area contributed by atoms with E-state index in [4.69, 9.17) is 4.98 Å². The second-order valence-corrected chi connectivity index (χ2v) is 9.10. The second-order valence-electron chi connectivity index (χ2n) is 9.10. The van der Waals surface area contributed by atoms with Gasteiger partial charge in [0.2, 0.25) is 5.91 Å². The molecule has 1 fully saturated rings. The van der Waals surface area contributed by atoms with Crippen LogP contribution in [0.2, 0.25) is 0 Å². The van der Waals surface area contributed by atoms with Crippen LogP contribution in [0.5, 0.6) is 0 Å². The zero-order chi connectivity index (χ0) is 25.4. The first-order chi connectivity index (χ1) is 18.1. The highest BCUT2D eigenvalue weighted by molar-refractivity contribution is 5.97. The third kappa shape index (κ3) is 4.42. The number of aliphatic imine (C=N–C) groups is 1. The van der Waals surface area contributed by atoms with Crippen LogP contribution in [0.25, 0.3) is 50.2 Å². The van der Waals surface area contributed by atoms with Crippen molar-refractivity contribution < 1.29 is 4.79 Å². The third-order valence-electron chi connectivity index (χ3n) is 6.43. The van der Waals surface area contributed by atoms with Gasteiger partial charge in [-0.2, -0.15) is 5.10 Å². The van der Waals surface area contributed by atoms with Crippen LogP contribution < -0.4 is 5.32 Å². The van der Waals surface area contributed by atoms with Gasteiger partial charge in [0.25, 0.3) is 0 Å². The van der Waals surface area contributed by atoms with Gasteiger partial charge in [0.1, 0.15) is 11.2 Å². The summed E-state index contributed by atoms with van der Waals surface area (Å²) in [6, 6.07) is 9.95. The summed E-state index contributed by atoms with van der Waals surface area (Å²) in [5.74, 6) is 0.771. The first-order valence-electron chi connectivity index (χ1n) is 12.0. The highest BCUT2D eigenvalue weighted by Crippen LogP contribution is 2.32. The number of allylic oxidation sites excluding steroid dienone is 2. The lowest BCUT2D eigenvalue weighted by Crippen LogP contribution is -2.23. The molecule has 9 nitrogen and oxygen atoms in total. The Labute approximate surface area is 212 Å². The van der Waals surface area contributed by atoms with E-state index in [1.54, 1.807) is 31.0 Å². The van der Waals surface area contributed by atoms with Crippen LogP contribution in [0.3, 0.4) is 0 Å². The maximum absolute atomic E-state index is 12.3. The van der Waals surface area contributed by atoms with Gasteiger partial charge in [0.15, 0.2) is 5.82 Å². The number of benzene rings is 1. The molecule has 1 aliphatic carbocycles. The molecule has 37 heavy (non-hydrogen) atoms. The molecule has 0 bridgehead atoms. The van der Waals surface area contributed by atoms with Crippen LogP contribution >= 0.6 is 0 Å². The Kier molecular flexibility index (Phi) is 5.65. The number of hydrogen-bond donors (Lipinski definition) is 3. The van der Waals surface area contributed by atoms with E-state index in [1.165, 1.54) is 0 Å². The number of H-pyrrole nitrogens is 2. The lowest BCUT2D eigenvalue weighted by atomic mass is 10.0. The van der Waals surface area contributed by atoms with Gasteiger partial charge < -0.3 is 10.3 Å². The number of imidazole rings is 1. The minimum atomic E-state index is 0.0246. The fourth-order valence-corrected chi connectivity index (χ4v) is 4.33. The van der Waals surface area contributed by atoms with Crippen molar-refractivity contribution in [1.82, 2.24) is 35.5 Å². The highest BCUT2D eigenvalue weighted by atomic mass is 16.2. The molecule has 0 spiro atoms. The Bertz CT molecular complexity index is 1710. The van der Waals surface area contributed by atoms with E-state index in [2.05, 4.69) is 48.2 Å². The Morgan fingerprint density at radius 1 is 1.16 bits per heavy atom. The summed E-state index contributed by atoms with van der Waals surface area (Å²) in [4.78, 5) is 33.0. The quantitative estimate of drug-likeness (QED) is 0.219. The number of rotatable bonds is 7. The van der Waals surface area contributed by atoms with Crippen molar-refractivity contribution in [2.75, 3.05) is 0 Å². The van der Waals surface area contributed by atoms with Crippen LogP contribution in [0.15, 0.2) is 78.1 Å². The number of nitrogens with zero attached hydrogens (tertiary/aromatic N) is 5. The number of fused-ring (bicyclic) bond motifs is 2. The van der Waals surface area contributed by atoms with E-state index >= 15 is 0 Å². The number of pyridine rings is 2. The first-order valence-corrected chi connectivity index (χ1v) is 12.0. The molecular weight excluding hydrogens is 464 g/mol. The molecule has 1 aromatic carbocycles. The lowest BCUT2D eigenvalue weighted by Gasteiger charge is -2.07. The van der Waals surface area contributed by atoms with Crippen LogP contribution in [-0.4, -0.2) is 42.8 Å². The molecule has 3 N–H and O–H groups in total. The second kappa shape index (κ2) is 9.27. The van der Waals surface area contributed by atoms with Crippen LogP contribution in [0, 0.1) is 5.92 Å². The summed E-state index contributed by atoms with van der Waals surface area (Å²) in [6.07, 6.45) is 12.4. The average Bonchev–Trinajstić information content (AvgIpc) is 3.55. The maximum Gasteiger partial charge on any atom is 0.227 e. The van der Waals surface area contributed by atoms with Crippen molar-refractivity contribution in [1.29, 1.82) is 0 Å². The predicted molar refractivity (Wildman–Crippen MR) is 144 cm³/mol. The van der Waals surface area contributed by atoms with E-state index in [0.29, 0.717) is 17.2 Å². The highest BCUT2D eigenvalue weighted by Gasteiger charge is 2.29. The van der Waals surface area contributed by atoms with E-state index in [-0.39, 0.29) is 11.8 Å². The molecule has 1 saturated carbocycles. The number of aromatic amines is 2. The summed E-state index contributed by atoms with van der Waals surface area (Å²) >= 11 is 0. The molecule has 1 amide bonds. The number of nitrogens with one attached hydrogen (secondary N) is 3. The molecule has 0 unspecified atom stereocenters. The molecule has 182 valence electrons.